The van der Waals surface area contributed by atoms with Crippen LogP contribution in [0.4, 0.5) is 0 Å². The van der Waals surface area contributed by atoms with Gasteiger partial charge in [0.15, 0.2) is 0 Å². The summed E-state index contributed by atoms with van der Waals surface area (Å²) >= 11 is 6.04. The zero-order valence-corrected chi connectivity index (χ0v) is 13.4. The fraction of sp³-hybridized carbons (Fsp3) is 0.0500. The number of rotatable bonds is 2. The van der Waals surface area contributed by atoms with Gasteiger partial charge in [0.05, 0.1) is 5.69 Å². The molecule has 3 heteroatoms. The van der Waals surface area contributed by atoms with Crippen LogP contribution in [-0.4, -0.2) is 9.97 Å². The highest BCUT2D eigenvalue weighted by atomic mass is 35.5. The Kier molecular flexibility index (Phi) is 3.40. The van der Waals surface area contributed by atoms with Gasteiger partial charge in [0.2, 0.25) is 0 Å². The van der Waals surface area contributed by atoms with Crippen LogP contribution in [0, 0.1) is 6.92 Å². The van der Waals surface area contributed by atoms with Gasteiger partial charge in [0, 0.05) is 38.9 Å². The van der Waals surface area contributed by atoms with Gasteiger partial charge in [0.25, 0.3) is 0 Å². The summed E-state index contributed by atoms with van der Waals surface area (Å²) in [6, 6.07) is 20.3. The molecule has 4 rings (SSSR count). The van der Waals surface area contributed by atoms with Crippen LogP contribution in [0.2, 0.25) is 5.02 Å². The monoisotopic (exact) mass is 318 g/mol. The minimum atomic E-state index is 0.743. The van der Waals surface area contributed by atoms with E-state index in [4.69, 9.17) is 11.6 Å². The summed E-state index contributed by atoms with van der Waals surface area (Å²) in [7, 11) is 0. The lowest BCUT2D eigenvalue weighted by Gasteiger charge is -2.07. The molecule has 0 aliphatic carbocycles. The molecule has 2 nitrogen and oxygen atoms in total. The molecule has 0 fully saturated rings. The smallest absolute Gasteiger partial charge is 0.0802 e. The Morgan fingerprint density at radius 2 is 1.61 bits per heavy atom. The van der Waals surface area contributed by atoms with Crippen LogP contribution in [0.3, 0.4) is 0 Å². The topological polar surface area (TPSA) is 28.7 Å². The molecular formula is C20H15ClN2. The number of hydrogen-bond donors (Lipinski definition) is 1. The first-order valence-electron chi connectivity index (χ1n) is 7.52. The maximum atomic E-state index is 6.04. The molecule has 2 aromatic carbocycles. The van der Waals surface area contributed by atoms with Crippen LogP contribution < -0.4 is 0 Å². The Labute approximate surface area is 139 Å². The minimum Gasteiger partial charge on any atom is -0.358 e. The van der Waals surface area contributed by atoms with E-state index in [9.17, 15) is 0 Å². The van der Waals surface area contributed by atoms with E-state index >= 15 is 0 Å². The van der Waals surface area contributed by atoms with E-state index in [0.717, 1.165) is 38.4 Å². The van der Waals surface area contributed by atoms with Gasteiger partial charge in [-0.05, 0) is 30.7 Å². The molecule has 2 heterocycles. The molecule has 1 N–H and O–H groups in total. The Balaban J connectivity index is 2.05. The molecule has 2 aromatic heterocycles. The van der Waals surface area contributed by atoms with Crippen molar-refractivity contribution in [3.63, 3.8) is 0 Å². The molecule has 0 bridgehead atoms. The Bertz CT molecular complexity index is 970. The maximum absolute atomic E-state index is 6.04. The number of aromatic nitrogens is 2. The van der Waals surface area contributed by atoms with E-state index in [-0.39, 0.29) is 0 Å². The standard InChI is InChI=1S/C20H15ClN2/c1-13-18(14-7-9-16(21)10-8-14)19-17(23-13)11-12-22-20(19)15-5-3-2-4-6-15/h2-12,23H,1H3. The van der Waals surface area contributed by atoms with E-state index in [2.05, 4.69) is 41.2 Å². The lowest BCUT2D eigenvalue weighted by Crippen LogP contribution is -1.86. The second-order valence-electron chi connectivity index (χ2n) is 5.58. The number of nitrogens with zero attached hydrogens (tertiary/aromatic N) is 1. The van der Waals surface area contributed by atoms with E-state index in [1.165, 1.54) is 5.56 Å². The molecule has 0 saturated heterocycles. The number of halogens is 1. The van der Waals surface area contributed by atoms with Gasteiger partial charge in [-0.3, -0.25) is 4.98 Å². The number of H-pyrrole nitrogens is 1. The Morgan fingerprint density at radius 1 is 0.870 bits per heavy atom. The first kappa shape index (κ1) is 14.0. The highest BCUT2D eigenvalue weighted by Gasteiger charge is 2.15. The van der Waals surface area contributed by atoms with Crippen LogP contribution in [0.5, 0.6) is 0 Å². The third kappa shape index (κ3) is 2.41. The van der Waals surface area contributed by atoms with Crippen molar-refractivity contribution in [2.45, 2.75) is 6.92 Å². The summed E-state index contributed by atoms with van der Waals surface area (Å²) in [5, 5.41) is 1.89. The molecular weight excluding hydrogens is 304 g/mol. The van der Waals surface area contributed by atoms with Gasteiger partial charge in [-0.15, -0.1) is 0 Å². The van der Waals surface area contributed by atoms with E-state index in [0.29, 0.717) is 0 Å². The predicted molar refractivity (Wildman–Crippen MR) is 96.7 cm³/mol. The molecule has 0 atom stereocenters. The molecule has 4 aromatic rings. The van der Waals surface area contributed by atoms with Crippen LogP contribution in [0.1, 0.15) is 5.69 Å². The van der Waals surface area contributed by atoms with E-state index < -0.39 is 0 Å². The zero-order chi connectivity index (χ0) is 15.8. The van der Waals surface area contributed by atoms with Gasteiger partial charge >= 0.3 is 0 Å². The molecule has 0 unspecified atom stereocenters. The molecule has 112 valence electrons. The third-order valence-corrected chi connectivity index (χ3v) is 4.33. The van der Waals surface area contributed by atoms with Crippen molar-refractivity contribution in [1.82, 2.24) is 9.97 Å². The fourth-order valence-electron chi connectivity index (χ4n) is 3.06. The average molecular weight is 319 g/mol. The largest absolute Gasteiger partial charge is 0.358 e. The van der Waals surface area contributed by atoms with Gasteiger partial charge in [0.1, 0.15) is 0 Å². The minimum absolute atomic E-state index is 0.743. The maximum Gasteiger partial charge on any atom is 0.0802 e. The Morgan fingerprint density at radius 3 is 2.35 bits per heavy atom. The van der Waals surface area contributed by atoms with Gasteiger partial charge in [-0.2, -0.15) is 0 Å². The molecule has 0 spiro atoms. The lowest BCUT2D eigenvalue weighted by atomic mass is 9.98. The van der Waals surface area contributed by atoms with Gasteiger partial charge < -0.3 is 4.98 Å². The summed E-state index contributed by atoms with van der Waals surface area (Å²) < 4.78 is 0. The quantitative estimate of drug-likeness (QED) is 0.493. The molecule has 23 heavy (non-hydrogen) atoms. The van der Waals surface area contributed by atoms with Crippen molar-refractivity contribution in [3.8, 4) is 22.4 Å². The first-order chi connectivity index (χ1) is 11.2. The number of aromatic amines is 1. The van der Waals surface area contributed by atoms with Crippen molar-refractivity contribution < 1.29 is 0 Å². The van der Waals surface area contributed by atoms with E-state index in [1.807, 2.05) is 42.6 Å². The number of fused-ring (bicyclic) bond motifs is 1. The van der Waals surface area contributed by atoms with Crippen molar-refractivity contribution in [2.24, 2.45) is 0 Å². The summed E-state index contributed by atoms with van der Waals surface area (Å²) in [6.45, 7) is 2.10. The normalized spacial score (nSPS) is 11.0. The number of aryl methyl sites for hydroxylation is 1. The fourth-order valence-corrected chi connectivity index (χ4v) is 3.19. The summed E-state index contributed by atoms with van der Waals surface area (Å²) in [5.74, 6) is 0. The third-order valence-electron chi connectivity index (χ3n) is 4.08. The molecule has 0 saturated carbocycles. The lowest BCUT2D eigenvalue weighted by molar-refractivity contribution is 1.29. The number of hydrogen-bond acceptors (Lipinski definition) is 1. The van der Waals surface area contributed by atoms with Crippen molar-refractivity contribution in [3.05, 3.63) is 77.6 Å². The van der Waals surface area contributed by atoms with Gasteiger partial charge in [-0.25, -0.2) is 0 Å². The van der Waals surface area contributed by atoms with Crippen LogP contribution in [0.15, 0.2) is 66.9 Å². The van der Waals surface area contributed by atoms with Crippen LogP contribution in [-0.2, 0) is 0 Å². The van der Waals surface area contributed by atoms with Gasteiger partial charge in [-0.1, -0.05) is 54.1 Å². The zero-order valence-electron chi connectivity index (χ0n) is 12.7. The molecule has 0 radical (unpaired) electrons. The first-order valence-corrected chi connectivity index (χ1v) is 7.90. The van der Waals surface area contributed by atoms with E-state index in [1.54, 1.807) is 0 Å². The van der Waals surface area contributed by atoms with Crippen molar-refractivity contribution in [1.29, 1.82) is 0 Å². The second kappa shape index (κ2) is 5.56. The average Bonchev–Trinajstić information content (AvgIpc) is 2.92. The van der Waals surface area contributed by atoms with Crippen LogP contribution in [0.25, 0.3) is 33.3 Å². The number of pyridine rings is 1. The predicted octanol–water partition coefficient (Wildman–Crippen LogP) is 5.86. The summed E-state index contributed by atoms with van der Waals surface area (Å²) in [6.07, 6.45) is 1.85. The summed E-state index contributed by atoms with van der Waals surface area (Å²) in [5.41, 5.74) is 6.67. The van der Waals surface area contributed by atoms with Crippen LogP contribution >= 0.6 is 11.6 Å². The number of benzene rings is 2. The second-order valence-corrected chi connectivity index (χ2v) is 6.02. The highest BCUT2D eigenvalue weighted by molar-refractivity contribution is 6.30. The summed E-state index contributed by atoms with van der Waals surface area (Å²) in [4.78, 5) is 8.13. The SMILES string of the molecule is Cc1[nH]c2ccnc(-c3ccccc3)c2c1-c1ccc(Cl)cc1. The highest BCUT2D eigenvalue weighted by Crippen LogP contribution is 2.37. The molecule has 0 amide bonds. The van der Waals surface area contributed by atoms with Crippen molar-refractivity contribution in [2.75, 3.05) is 0 Å². The number of nitrogens with one attached hydrogen (secondary N) is 1. The van der Waals surface area contributed by atoms with Crippen molar-refractivity contribution >= 4 is 22.5 Å². The Hall–Kier alpha value is -2.58. The molecule has 0 aliphatic heterocycles. The molecule has 0 aliphatic rings.